The van der Waals surface area contributed by atoms with Gasteiger partial charge >= 0.3 is 0 Å². The van der Waals surface area contributed by atoms with Crippen LogP contribution in [0.3, 0.4) is 0 Å². The maximum atomic E-state index is 13.0. The third kappa shape index (κ3) is 4.30. The van der Waals surface area contributed by atoms with Crippen LogP contribution in [0.2, 0.25) is 0 Å². The quantitative estimate of drug-likeness (QED) is 0.873. The number of hydrogen-bond donors (Lipinski definition) is 1. The number of aryl methyl sites for hydroxylation is 1. The Morgan fingerprint density at radius 2 is 2.07 bits per heavy atom. The van der Waals surface area contributed by atoms with Crippen LogP contribution in [0, 0.1) is 12.7 Å². The molecule has 0 unspecified atom stereocenters. The molecule has 4 heterocycles. The molecule has 2 aliphatic heterocycles. The average molecular weight is 384 g/mol. The predicted molar refractivity (Wildman–Crippen MR) is 104 cm³/mol. The third-order valence-electron chi connectivity index (χ3n) is 5.40. The van der Waals surface area contributed by atoms with E-state index in [0.717, 1.165) is 55.8 Å². The predicted octanol–water partition coefficient (Wildman–Crippen LogP) is 3.55. The summed E-state index contributed by atoms with van der Waals surface area (Å²) in [6.45, 7) is 4.13. The van der Waals surface area contributed by atoms with Gasteiger partial charge in [-0.1, -0.05) is 0 Å². The van der Waals surface area contributed by atoms with Gasteiger partial charge < -0.3 is 15.0 Å². The van der Waals surface area contributed by atoms with Crippen LogP contribution >= 0.6 is 0 Å². The van der Waals surface area contributed by atoms with Gasteiger partial charge in [0.25, 0.3) is 5.91 Å². The van der Waals surface area contributed by atoms with E-state index >= 15 is 0 Å². The zero-order valence-electron chi connectivity index (χ0n) is 16.0. The Morgan fingerprint density at radius 1 is 1.25 bits per heavy atom. The summed E-state index contributed by atoms with van der Waals surface area (Å²) in [4.78, 5) is 23.2. The summed E-state index contributed by atoms with van der Waals surface area (Å²) in [5.74, 6) is 0.685. The normalized spacial score (nSPS) is 20.4. The molecule has 0 bridgehead atoms. The first-order valence-corrected chi connectivity index (χ1v) is 9.86. The molecule has 2 aliphatic rings. The highest BCUT2D eigenvalue weighted by molar-refractivity contribution is 5.81. The second kappa shape index (κ2) is 8.22. The van der Waals surface area contributed by atoms with Gasteiger partial charge in [-0.2, -0.15) is 0 Å². The van der Waals surface area contributed by atoms with E-state index in [1.165, 1.54) is 12.3 Å². The van der Waals surface area contributed by atoms with Crippen LogP contribution in [0.25, 0.3) is 0 Å². The number of hydrogen-bond acceptors (Lipinski definition) is 5. The maximum absolute atomic E-state index is 13.0. The van der Waals surface area contributed by atoms with E-state index in [1.54, 1.807) is 6.07 Å². The van der Waals surface area contributed by atoms with Crippen molar-refractivity contribution in [3.63, 3.8) is 0 Å². The highest BCUT2D eigenvalue weighted by Gasteiger charge is 2.31. The number of nitrogens with zero attached hydrogens (tertiary/aromatic N) is 3. The molecule has 148 valence electrons. The van der Waals surface area contributed by atoms with E-state index < -0.39 is 0 Å². The van der Waals surface area contributed by atoms with Gasteiger partial charge in [0.15, 0.2) is 0 Å². The van der Waals surface area contributed by atoms with Gasteiger partial charge in [-0.15, -0.1) is 0 Å². The van der Waals surface area contributed by atoms with E-state index in [1.807, 2.05) is 24.0 Å². The van der Waals surface area contributed by atoms with Crippen LogP contribution in [0.4, 0.5) is 15.9 Å². The summed E-state index contributed by atoms with van der Waals surface area (Å²) in [6.07, 6.45) is 4.54. The van der Waals surface area contributed by atoms with Crippen LogP contribution in [0.15, 0.2) is 30.5 Å². The fraction of sp³-hybridized carbons (Fsp3) is 0.476. The molecule has 0 radical (unpaired) electrons. The molecule has 4 rings (SSSR count). The summed E-state index contributed by atoms with van der Waals surface area (Å²) in [5.41, 5.74) is 2.83. The summed E-state index contributed by atoms with van der Waals surface area (Å²) in [5, 5.41) is 3.22. The van der Waals surface area contributed by atoms with Crippen molar-refractivity contribution in [1.29, 1.82) is 0 Å². The van der Waals surface area contributed by atoms with Crippen LogP contribution in [-0.4, -0.2) is 46.6 Å². The summed E-state index contributed by atoms with van der Waals surface area (Å²) in [6, 6.07) is 6.97. The molecule has 2 aromatic heterocycles. The fourth-order valence-corrected chi connectivity index (χ4v) is 3.94. The van der Waals surface area contributed by atoms with Crippen LogP contribution in [-0.2, 0) is 9.53 Å². The largest absolute Gasteiger partial charge is 0.368 e. The fourth-order valence-electron chi connectivity index (χ4n) is 3.94. The second-order valence-electron chi connectivity index (χ2n) is 7.51. The van der Waals surface area contributed by atoms with Crippen LogP contribution in [0.1, 0.15) is 43.0 Å². The summed E-state index contributed by atoms with van der Waals surface area (Å²) in [7, 11) is 0. The summed E-state index contributed by atoms with van der Waals surface area (Å²) >= 11 is 0. The first-order chi connectivity index (χ1) is 13.6. The summed E-state index contributed by atoms with van der Waals surface area (Å²) < 4.78 is 18.6. The van der Waals surface area contributed by atoms with Crippen molar-refractivity contribution < 1.29 is 13.9 Å². The van der Waals surface area contributed by atoms with E-state index in [0.29, 0.717) is 18.3 Å². The third-order valence-corrected chi connectivity index (χ3v) is 5.40. The highest BCUT2D eigenvalue weighted by Crippen LogP contribution is 2.30. The van der Waals surface area contributed by atoms with Crippen LogP contribution in [0.5, 0.6) is 0 Å². The Morgan fingerprint density at radius 3 is 2.75 bits per heavy atom. The van der Waals surface area contributed by atoms with Gasteiger partial charge in [-0.3, -0.25) is 9.78 Å². The molecular weight excluding hydrogens is 359 g/mol. The van der Waals surface area contributed by atoms with Crippen molar-refractivity contribution in [2.45, 2.75) is 44.6 Å². The van der Waals surface area contributed by atoms with E-state index in [2.05, 4.69) is 10.3 Å². The lowest BCUT2D eigenvalue weighted by molar-refractivity contribution is -0.142. The van der Waals surface area contributed by atoms with Crippen molar-refractivity contribution in [2.75, 3.05) is 25.0 Å². The average Bonchev–Trinajstić information content (AvgIpc) is 3.24. The number of aromatic nitrogens is 2. The molecule has 1 amide bonds. The lowest BCUT2D eigenvalue weighted by Gasteiger charge is -2.33. The number of nitrogens with one attached hydrogen (secondary N) is 1. The van der Waals surface area contributed by atoms with E-state index in [4.69, 9.17) is 9.72 Å². The zero-order chi connectivity index (χ0) is 19.5. The lowest BCUT2D eigenvalue weighted by Crippen LogP contribution is -2.43. The molecule has 1 atom stereocenters. The molecule has 0 spiro atoms. The number of likely N-dealkylation sites (tertiary alicyclic amines) is 1. The van der Waals surface area contributed by atoms with Crippen molar-refractivity contribution in [2.24, 2.45) is 0 Å². The van der Waals surface area contributed by atoms with Crippen LogP contribution < -0.4 is 5.32 Å². The Balaban J connectivity index is 1.41. The monoisotopic (exact) mass is 384 g/mol. The molecule has 28 heavy (non-hydrogen) atoms. The number of carbonyl (C=O) groups excluding carboxylic acids is 1. The SMILES string of the molecule is Cc1cc(Nc2ccc(F)cn2)cc(C2CCN(C(=O)[C@H]3CCCO3)CC2)n1. The van der Waals surface area contributed by atoms with Gasteiger partial charge in [-0.25, -0.2) is 9.37 Å². The van der Waals surface area contributed by atoms with Gasteiger partial charge in [0.05, 0.1) is 6.20 Å². The first-order valence-electron chi connectivity index (χ1n) is 9.86. The first kappa shape index (κ1) is 18.8. The zero-order valence-corrected chi connectivity index (χ0v) is 16.0. The van der Waals surface area contributed by atoms with Crippen molar-refractivity contribution in [3.8, 4) is 0 Å². The molecule has 6 nitrogen and oxygen atoms in total. The molecule has 0 saturated carbocycles. The molecule has 2 saturated heterocycles. The number of pyridine rings is 2. The van der Waals surface area contributed by atoms with E-state index in [-0.39, 0.29) is 17.8 Å². The van der Waals surface area contributed by atoms with Gasteiger partial charge in [0.2, 0.25) is 0 Å². The van der Waals surface area contributed by atoms with Gasteiger partial charge in [0.1, 0.15) is 17.7 Å². The van der Waals surface area contributed by atoms with Crippen molar-refractivity contribution in [3.05, 3.63) is 47.7 Å². The standard InChI is InChI=1S/C21H25FN4O2/c1-14-11-17(25-20-5-4-16(22)13-23-20)12-18(24-14)15-6-8-26(9-7-15)21(27)19-3-2-10-28-19/h4-5,11-13,15,19H,2-3,6-10H2,1H3,(H,23,24,25)/t19-/m1/s1. The number of ether oxygens (including phenoxy) is 1. The molecule has 2 fully saturated rings. The number of anilines is 2. The van der Waals surface area contributed by atoms with Gasteiger partial charge in [-0.05, 0) is 56.9 Å². The topological polar surface area (TPSA) is 67.4 Å². The second-order valence-corrected chi connectivity index (χ2v) is 7.51. The molecule has 0 aromatic carbocycles. The maximum Gasteiger partial charge on any atom is 0.251 e. The Hall–Kier alpha value is -2.54. The van der Waals surface area contributed by atoms with Crippen molar-refractivity contribution >= 4 is 17.4 Å². The smallest absolute Gasteiger partial charge is 0.251 e. The lowest BCUT2D eigenvalue weighted by atomic mass is 9.92. The minimum absolute atomic E-state index is 0.137. The minimum Gasteiger partial charge on any atom is -0.368 e. The minimum atomic E-state index is -0.360. The highest BCUT2D eigenvalue weighted by atomic mass is 19.1. The molecule has 7 heteroatoms. The molecule has 2 aromatic rings. The number of halogens is 1. The van der Waals surface area contributed by atoms with E-state index in [9.17, 15) is 9.18 Å². The van der Waals surface area contributed by atoms with Crippen molar-refractivity contribution in [1.82, 2.24) is 14.9 Å². The Kier molecular flexibility index (Phi) is 5.52. The van der Waals surface area contributed by atoms with Gasteiger partial charge in [0, 0.05) is 42.7 Å². The number of rotatable bonds is 4. The molecular formula is C21H25FN4O2. The number of piperidine rings is 1. The molecule has 1 N–H and O–H groups in total. The Bertz CT molecular complexity index is 829. The number of carbonyl (C=O) groups is 1. The molecule has 0 aliphatic carbocycles. The Labute approximate surface area is 164 Å². The number of amides is 1.